The second-order valence-corrected chi connectivity index (χ2v) is 13.1. The maximum Gasteiger partial charge on any atom is 0.264 e. The van der Waals surface area contributed by atoms with E-state index in [0.717, 1.165) is 9.87 Å². The second kappa shape index (κ2) is 13.4. The monoisotopic (exact) mass is 599 g/mol. The van der Waals surface area contributed by atoms with E-state index in [1.54, 1.807) is 67.6 Å². The largest absolute Gasteiger partial charge is 0.494 e. The van der Waals surface area contributed by atoms with Crippen LogP contribution < -0.4 is 14.4 Å². The average Bonchev–Trinajstić information content (AvgIpc) is 2.90. The number of ether oxygens (including phenoxy) is 1. The molecule has 0 heterocycles. The van der Waals surface area contributed by atoms with E-state index in [4.69, 9.17) is 16.3 Å². The molecule has 220 valence electrons. The third-order valence-electron chi connectivity index (χ3n) is 6.23. The van der Waals surface area contributed by atoms with Crippen LogP contribution in [0.2, 0.25) is 5.02 Å². The molecule has 8 nitrogen and oxygen atoms in total. The lowest BCUT2D eigenvalue weighted by Gasteiger charge is -2.33. The van der Waals surface area contributed by atoms with Gasteiger partial charge in [-0.25, -0.2) is 8.42 Å². The average molecular weight is 600 g/mol. The van der Waals surface area contributed by atoms with Crippen molar-refractivity contribution in [3.05, 3.63) is 88.9 Å². The third-order valence-corrected chi connectivity index (χ3v) is 8.25. The maximum atomic E-state index is 14.0. The number of halogens is 1. The van der Waals surface area contributed by atoms with Crippen molar-refractivity contribution in [2.24, 2.45) is 0 Å². The Morgan fingerprint density at radius 3 is 2.20 bits per heavy atom. The van der Waals surface area contributed by atoms with Crippen LogP contribution >= 0.6 is 11.6 Å². The lowest BCUT2D eigenvalue weighted by atomic mass is 10.1. The van der Waals surface area contributed by atoms with Crippen LogP contribution in [0.1, 0.15) is 45.7 Å². The molecule has 0 aliphatic carbocycles. The van der Waals surface area contributed by atoms with Crippen LogP contribution in [0.4, 0.5) is 5.69 Å². The lowest BCUT2D eigenvalue weighted by molar-refractivity contribution is -0.140. The number of carbonyl (C=O) groups excluding carboxylic acids is 2. The van der Waals surface area contributed by atoms with E-state index in [9.17, 15) is 18.0 Å². The van der Waals surface area contributed by atoms with Crippen LogP contribution in [0.5, 0.6) is 5.75 Å². The SMILES string of the molecule is CCOc1ccc(N(CC(=O)N(Cc2cccc(Cl)c2)[C@H](C)C(=O)NC(C)(C)C)S(=O)(=O)c2ccc(C)cc2)cc1. The van der Waals surface area contributed by atoms with Crippen LogP contribution in [0.25, 0.3) is 0 Å². The van der Waals surface area contributed by atoms with Crippen molar-refractivity contribution in [3.63, 3.8) is 0 Å². The van der Waals surface area contributed by atoms with Gasteiger partial charge in [-0.15, -0.1) is 0 Å². The first-order chi connectivity index (χ1) is 19.2. The van der Waals surface area contributed by atoms with Gasteiger partial charge in [0.15, 0.2) is 0 Å². The molecule has 3 rings (SSSR count). The van der Waals surface area contributed by atoms with Crippen LogP contribution in [0.15, 0.2) is 77.7 Å². The minimum Gasteiger partial charge on any atom is -0.494 e. The van der Waals surface area contributed by atoms with E-state index >= 15 is 0 Å². The number of nitrogens with one attached hydrogen (secondary N) is 1. The predicted molar refractivity (Wildman–Crippen MR) is 163 cm³/mol. The topological polar surface area (TPSA) is 96.0 Å². The Hall–Kier alpha value is -3.56. The highest BCUT2D eigenvalue weighted by molar-refractivity contribution is 7.92. The van der Waals surface area contributed by atoms with Gasteiger partial charge in [-0.1, -0.05) is 41.4 Å². The van der Waals surface area contributed by atoms with Crippen molar-refractivity contribution in [2.75, 3.05) is 17.5 Å². The van der Waals surface area contributed by atoms with Crippen LogP contribution in [-0.4, -0.2) is 49.9 Å². The molecule has 0 saturated heterocycles. The molecule has 10 heteroatoms. The highest BCUT2D eigenvalue weighted by atomic mass is 35.5. The molecule has 0 bridgehead atoms. The number of rotatable bonds is 11. The number of sulfonamides is 1. The molecular weight excluding hydrogens is 562 g/mol. The Kier molecular flexibility index (Phi) is 10.4. The van der Waals surface area contributed by atoms with E-state index in [-0.39, 0.29) is 23.0 Å². The number of aryl methyl sites for hydroxylation is 1. The van der Waals surface area contributed by atoms with Crippen LogP contribution in [-0.2, 0) is 26.2 Å². The lowest BCUT2D eigenvalue weighted by Crippen LogP contribution is -2.54. The van der Waals surface area contributed by atoms with Crippen molar-refractivity contribution in [1.82, 2.24) is 10.2 Å². The first kappa shape index (κ1) is 32.0. The molecule has 0 fully saturated rings. The highest BCUT2D eigenvalue weighted by Gasteiger charge is 2.33. The summed E-state index contributed by atoms with van der Waals surface area (Å²) in [7, 11) is -4.16. The second-order valence-electron chi connectivity index (χ2n) is 10.8. The number of benzene rings is 3. The van der Waals surface area contributed by atoms with Crippen LogP contribution in [0.3, 0.4) is 0 Å². The summed E-state index contributed by atoms with van der Waals surface area (Å²) in [5.41, 5.74) is 1.37. The van der Waals surface area contributed by atoms with Gasteiger partial charge >= 0.3 is 0 Å². The van der Waals surface area contributed by atoms with Gasteiger partial charge in [0.2, 0.25) is 11.8 Å². The standard InChI is InChI=1S/C31H38ClN3O5S/c1-7-40-27-15-13-26(14-16-27)35(41(38,39)28-17-11-22(2)12-18-28)21-29(36)34(20-24-9-8-10-25(32)19-24)23(3)30(37)33-31(4,5)6/h8-19,23H,7,20-21H2,1-6H3,(H,33,37)/t23-/m1/s1. The molecule has 0 saturated carbocycles. The minimum absolute atomic E-state index is 0.0460. The third kappa shape index (κ3) is 8.71. The van der Waals surface area contributed by atoms with E-state index in [1.807, 2.05) is 34.6 Å². The number of hydrogen-bond acceptors (Lipinski definition) is 5. The number of amides is 2. The number of carbonyl (C=O) groups is 2. The van der Waals surface area contributed by atoms with Gasteiger partial charge in [0.1, 0.15) is 18.3 Å². The molecule has 0 aliphatic rings. The Morgan fingerprint density at radius 2 is 1.63 bits per heavy atom. The summed E-state index contributed by atoms with van der Waals surface area (Å²) in [5, 5.41) is 3.40. The van der Waals surface area contributed by atoms with Gasteiger partial charge in [-0.05, 0) is 95.6 Å². The predicted octanol–water partition coefficient (Wildman–Crippen LogP) is 5.57. The Bertz CT molecular complexity index is 1450. The molecule has 0 aromatic heterocycles. The van der Waals surface area contributed by atoms with Gasteiger partial charge < -0.3 is 15.0 Å². The fourth-order valence-corrected chi connectivity index (χ4v) is 5.76. The molecule has 0 aliphatic heterocycles. The molecule has 0 unspecified atom stereocenters. The Morgan fingerprint density at radius 1 is 1.00 bits per heavy atom. The fourth-order valence-electron chi connectivity index (χ4n) is 4.13. The van der Waals surface area contributed by atoms with Gasteiger partial charge in [0, 0.05) is 17.1 Å². The van der Waals surface area contributed by atoms with Gasteiger partial charge in [0.05, 0.1) is 17.2 Å². The summed E-state index contributed by atoms with van der Waals surface area (Å²) < 4.78 is 34.5. The van der Waals surface area contributed by atoms with Crippen molar-refractivity contribution < 1.29 is 22.7 Å². The summed E-state index contributed by atoms with van der Waals surface area (Å²) in [4.78, 5) is 28.6. The van der Waals surface area contributed by atoms with Crippen molar-refractivity contribution >= 4 is 39.1 Å². The summed E-state index contributed by atoms with van der Waals surface area (Å²) in [6.07, 6.45) is 0. The van der Waals surface area contributed by atoms with Gasteiger partial charge in [0.25, 0.3) is 10.0 Å². The minimum atomic E-state index is -4.16. The molecule has 3 aromatic carbocycles. The smallest absolute Gasteiger partial charge is 0.264 e. The Labute approximate surface area is 248 Å². The number of hydrogen-bond donors (Lipinski definition) is 1. The van der Waals surface area contributed by atoms with E-state index < -0.39 is 34.1 Å². The normalized spacial score (nSPS) is 12.4. The molecule has 3 aromatic rings. The zero-order valence-corrected chi connectivity index (χ0v) is 25.9. The molecule has 0 radical (unpaired) electrons. The first-order valence-corrected chi connectivity index (χ1v) is 15.2. The first-order valence-electron chi connectivity index (χ1n) is 13.4. The molecular formula is C31H38ClN3O5S. The molecule has 41 heavy (non-hydrogen) atoms. The molecule has 0 spiro atoms. The van der Waals surface area contributed by atoms with Gasteiger partial charge in [-0.2, -0.15) is 0 Å². The number of nitrogens with zero attached hydrogens (tertiary/aromatic N) is 2. The molecule has 2 amide bonds. The van der Waals surface area contributed by atoms with Crippen LogP contribution in [0, 0.1) is 6.92 Å². The fraction of sp³-hybridized carbons (Fsp3) is 0.355. The van der Waals surface area contributed by atoms with E-state index in [1.165, 1.54) is 17.0 Å². The van der Waals surface area contributed by atoms with Gasteiger partial charge in [-0.3, -0.25) is 13.9 Å². The zero-order valence-electron chi connectivity index (χ0n) is 24.3. The zero-order chi connectivity index (χ0) is 30.4. The maximum absolute atomic E-state index is 14.0. The summed E-state index contributed by atoms with van der Waals surface area (Å²) in [6.45, 7) is 10.9. The van der Waals surface area contributed by atoms with Crippen molar-refractivity contribution in [3.8, 4) is 5.75 Å². The van der Waals surface area contributed by atoms with E-state index in [2.05, 4.69) is 5.32 Å². The summed E-state index contributed by atoms with van der Waals surface area (Å²) in [6, 6.07) is 19.0. The number of anilines is 1. The van der Waals surface area contributed by atoms with Crippen molar-refractivity contribution in [1.29, 1.82) is 0 Å². The molecule has 1 atom stereocenters. The summed E-state index contributed by atoms with van der Waals surface area (Å²) >= 11 is 6.19. The molecule has 1 N–H and O–H groups in total. The van der Waals surface area contributed by atoms with Crippen molar-refractivity contribution in [2.45, 2.75) is 64.6 Å². The Balaban J connectivity index is 2.04. The quantitative estimate of drug-likeness (QED) is 0.311. The van der Waals surface area contributed by atoms with E-state index in [0.29, 0.717) is 22.9 Å². The summed E-state index contributed by atoms with van der Waals surface area (Å²) in [5.74, 6) is -0.335. The highest BCUT2D eigenvalue weighted by Crippen LogP contribution is 2.27.